The van der Waals surface area contributed by atoms with Crippen molar-refractivity contribution < 1.29 is 4.39 Å². The minimum atomic E-state index is -0.233. The standard InChI is InChI=1S/C21H22FN5/c1-14-16(11-24-27(14)19-6-4-18(22)5-7-19)12-26-9-8-20-17(13-26)10-23-21(25-20)15-2-3-15/h4-7,10-11,15H,2-3,8-9,12-13H2,1H3. The van der Waals surface area contributed by atoms with Crippen LogP contribution in [0.15, 0.2) is 36.7 Å². The van der Waals surface area contributed by atoms with Crippen LogP contribution < -0.4 is 0 Å². The van der Waals surface area contributed by atoms with Crippen molar-refractivity contribution in [3.05, 3.63) is 70.8 Å². The van der Waals surface area contributed by atoms with Crippen LogP contribution in [0.4, 0.5) is 4.39 Å². The minimum Gasteiger partial charge on any atom is -0.294 e. The predicted octanol–water partition coefficient (Wildman–Crippen LogP) is 3.55. The van der Waals surface area contributed by atoms with Crippen molar-refractivity contribution in [3.63, 3.8) is 0 Å². The molecule has 0 saturated heterocycles. The fraction of sp³-hybridized carbons (Fsp3) is 0.381. The molecule has 0 spiro atoms. The van der Waals surface area contributed by atoms with Gasteiger partial charge in [0.05, 0.1) is 11.9 Å². The third kappa shape index (κ3) is 3.25. The Hall–Kier alpha value is -2.60. The van der Waals surface area contributed by atoms with Gasteiger partial charge in [-0.1, -0.05) is 0 Å². The molecule has 0 radical (unpaired) electrons. The zero-order chi connectivity index (χ0) is 18.4. The predicted molar refractivity (Wildman–Crippen MR) is 100 cm³/mol. The Morgan fingerprint density at radius 2 is 1.96 bits per heavy atom. The van der Waals surface area contributed by atoms with Crippen molar-refractivity contribution in [1.29, 1.82) is 0 Å². The maximum Gasteiger partial charge on any atom is 0.131 e. The second kappa shape index (κ2) is 6.53. The number of fused-ring (bicyclic) bond motifs is 1. The molecule has 1 aromatic carbocycles. The number of rotatable bonds is 4. The summed E-state index contributed by atoms with van der Waals surface area (Å²) in [6, 6.07) is 6.44. The van der Waals surface area contributed by atoms with Crippen molar-refractivity contribution in [2.75, 3.05) is 6.54 Å². The maximum atomic E-state index is 13.2. The van der Waals surface area contributed by atoms with Crippen LogP contribution in [0.1, 0.15) is 47.1 Å². The topological polar surface area (TPSA) is 46.8 Å². The first-order valence-corrected chi connectivity index (χ1v) is 9.54. The molecular formula is C21H22FN5. The zero-order valence-electron chi connectivity index (χ0n) is 15.4. The third-order valence-corrected chi connectivity index (χ3v) is 5.55. The molecule has 3 aromatic rings. The van der Waals surface area contributed by atoms with E-state index in [1.165, 1.54) is 41.8 Å². The highest BCUT2D eigenvalue weighted by molar-refractivity contribution is 5.35. The van der Waals surface area contributed by atoms with Gasteiger partial charge in [-0.3, -0.25) is 4.90 Å². The summed E-state index contributed by atoms with van der Waals surface area (Å²) >= 11 is 0. The van der Waals surface area contributed by atoms with Gasteiger partial charge in [0.15, 0.2) is 0 Å². The van der Waals surface area contributed by atoms with Gasteiger partial charge >= 0.3 is 0 Å². The lowest BCUT2D eigenvalue weighted by Crippen LogP contribution is -2.31. The van der Waals surface area contributed by atoms with Gasteiger partial charge in [0, 0.05) is 60.7 Å². The van der Waals surface area contributed by atoms with E-state index >= 15 is 0 Å². The van der Waals surface area contributed by atoms with Gasteiger partial charge in [-0.25, -0.2) is 19.0 Å². The van der Waals surface area contributed by atoms with Crippen LogP contribution >= 0.6 is 0 Å². The van der Waals surface area contributed by atoms with E-state index in [-0.39, 0.29) is 5.82 Å². The third-order valence-electron chi connectivity index (χ3n) is 5.55. The van der Waals surface area contributed by atoms with Crippen molar-refractivity contribution in [1.82, 2.24) is 24.6 Å². The molecule has 138 valence electrons. The Balaban J connectivity index is 1.32. The Labute approximate surface area is 157 Å². The van der Waals surface area contributed by atoms with Crippen molar-refractivity contribution >= 4 is 0 Å². The van der Waals surface area contributed by atoms with Crippen molar-refractivity contribution in [2.45, 2.75) is 45.2 Å². The molecule has 1 aliphatic heterocycles. The molecule has 0 atom stereocenters. The molecule has 5 rings (SSSR count). The maximum absolute atomic E-state index is 13.2. The van der Waals surface area contributed by atoms with E-state index < -0.39 is 0 Å². The van der Waals surface area contributed by atoms with Gasteiger partial charge in [0.2, 0.25) is 0 Å². The SMILES string of the molecule is Cc1c(CN2CCc3nc(C4CC4)ncc3C2)cnn1-c1ccc(F)cc1. The van der Waals surface area contributed by atoms with Gasteiger partial charge < -0.3 is 0 Å². The highest BCUT2D eigenvalue weighted by Crippen LogP contribution is 2.38. The minimum absolute atomic E-state index is 0.233. The number of aromatic nitrogens is 4. The summed E-state index contributed by atoms with van der Waals surface area (Å²) in [5.41, 5.74) is 5.63. The lowest BCUT2D eigenvalue weighted by atomic mass is 10.1. The van der Waals surface area contributed by atoms with Gasteiger partial charge in [0.1, 0.15) is 11.6 Å². The summed E-state index contributed by atoms with van der Waals surface area (Å²) in [5, 5.41) is 4.51. The highest BCUT2D eigenvalue weighted by atomic mass is 19.1. The molecule has 27 heavy (non-hydrogen) atoms. The van der Waals surface area contributed by atoms with Crippen LogP contribution in [0.3, 0.4) is 0 Å². The van der Waals surface area contributed by atoms with Crippen LogP contribution in [0.2, 0.25) is 0 Å². The molecule has 2 aromatic heterocycles. The average Bonchev–Trinajstić information content (AvgIpc) is 3.47. The molecule has 5 nitrogen and oxygen atoms in total. The lowest BCUT2D eigenvalue weighted by molar-refractivity contribution is 0.242. The monoisotopic (exact) mass is 363 g/mol. The summed E-state index contributed by atoms with van der Waals surface area (Å²) in [7, 11) is 0. The summed E-state index contributed by atoms with van der Waals surface area (Å²) in [5.74, 6) is 1.41. The molecule has 1 fully saturated rings. The molecule has 1 saturated carbocycles. The van der Waals surface area contributed by atoms with E-state index in [9.17, 15) is 4.39 Å². The number of halogens is 1. The first-order chi connectivity index (χ1) is 13.2. The van der Waals surface area contributed by atoms with Crippen LogP contribution in [0.25, 0.3) is 5.69 Å². The van der Waals surface area contributed by atoms with Crippen LogP contribution in [-0.2, 0) is 19.5 Å². The van der Waals surface area contributed by atoms with Gasteiger partial charge in [0.25, 0.3) is 0 Å². The van der Waals surface area contributed by atoms with E-state index in [0.29, 0.717) is 5.92 Å². The number of nitrogens with zero attached hydrogens (tertiary/aromatic N) is 5. The fourth-order valence-electron chi connectivity index (χ4n) is 3.75. The van der Waals surface area contributed by atoms with Crippen molar-refractivity contribution in [3.8, 4) is 5.69 Å². The van der Waals surface area contributed by atoms with E-state index in [2.05, 4.69) is 21.9 Å². The quantitative estimate of drug-likeness (QED) is 0.711. The first-order valence-electron chi connectivity index (χ1n) is 9.54. The normalized spacial score (nSPS) is 17.1. The molecule has 0 bridgehead atoms. The summed E-state index contributed by atoms with van der Waals surface area (Å²) in [4.78, 5) is 11.8. The summed E-state index contributed by atoms with van der Waals surface area (Å²) < 4.78 is 15.0. The molecule has 3 heterocycles. The average molecular weight is 363 g/mol. The van der Waals surface area contributed by atoms with Gasteiger partial charge in [-0.15, -0.1) is 0 Å². The smallest absolute Gasteiger partial charge is 0.131 e. The molecule has 2 aliphatic rings. The lowest BCUT2D eigenvalue weighted by Gasteiger charge is -2.28. The van der Waals surface area contributed by atoms with Gasteiger partial charge in [-0.2, -0.15) is 5.10 Å². The molecule has 6 heteroatoms. The Bertz CT molecular complexity index is 975. The van der Waals surface area contributed by atoms with E-state index in [0.717, 1.165) is 43.3 Å². The Morgan fingerprint density at radius 1 is 1.15 bits per heavy atom. The summed E-state index contributed by atoms with van der Waals surface area (Å²) in [6.07, 6.45) is 7.39. The number of hydrogen-bond acceptors (Lipinski definition) is 4. The zero-order valence-corrected chi connectivity index (χ0v) is 15.4. The van der Waals surface area contributed by atoms with Crippen molar-refractivity contribution in [2.24, 2.45) is 0 Å². The van der Waals surface area contributed by atoms with Crippen LogP contribution in [0.5, 0.6) is 0 Å². The largest absolute Gasteiger partial charge is 0.294 e. The van der Waals surface area contributed by atoms with E-state index in [1.54, 1.807) is 12.1 Å². The first kappa shape index (κ1) is 16.6. The molecule has 0 unspecified atom stereocenters. The molecule has 0 N–H and O–H groups in total. The number of benzene rings is 1. The molecule has 1 aliphatic carbocycles. The number of hydrogen-bond donors (Lipinski definition) is 0. The van der Waals surface area contributed by atoms with E-state index in [1.807, 2.05) is 17.1 Å². The highest BCUT2D eigenvalue weighted by Gasteiger charge is 2.28. The molecule has 0 amide bonds. The van der Waals surface area contributed by atoms with Crippen LogP contribution in [-0.4, -0.2) is 31.2 Å². The van der Waals surface area contributed by atoms with Gasteiger partial charge in [-0.05, 0) is 44.0 Å². The fourth-order valence-corrected chi connectivity index (χ4v) is 3.75. The van der Waals surface area contributed by atoms with E-state index in [4.69, 9.17) is 4.98 Å². The Kier molecular flexibility index (Phi) is 4.01. The second-order valence-electron chi connectivity index (χ2n) is 7.58. The Morgan fingerprint density at radius 3 is 2.74 bits per heavy atom. The molecular weight excluding hydrogens is 341 g/mol. The second-order valence-corrected chi connectivity index (χ2v) is 7.58. The summed E-state index contributed by atoms with van der Waals surface area (Å²) in [6.45, 7) is 4.78. The van der Waals surface area contributed by atoms with Crippen LogP contribution in [0, 0.1) is 12.7 Å².